The molecule has 1 fully saturated rings. The summed E-state index contributed by atoms with van der Waals surface area (Å²) in [6, 6.07) is -0.523. The van der Waals surface area contributed by atoms with Crippen LogP contribution in [0.5, 0.6) is 0 Å². The zero-order chi connectivity index (χ0) is 14.3. The van der Waals surface area contributed by atoms with Crippen molar-refractivity contribution < 1.29 is 23.9 Å². The van der Waals surface area contributed by atoms with Gasteiger partial charge >= 0.3 is 12.0 Å². The minimum Gasteiger partial charge on any atom is -0.467 e. The lowest BCUT2D eigenvalue weighted by molar-refractivity contribution is -0.160. The van der Waals surface area contributed by atoms with Crippen molar-refractivity contribution >= 4 is 17.9 Å². The Kier molecular flexibility index (Phi) is 6.23. The molecule has 8 nitrogen and oxygen atoms in total. The molecule has 3 amide bonds. The zero-order valence-corrected chi connectivity index (χ0v) is 11.1. The first-order chi connectivity index (χ1) is 9.06. The predicted molar refractivity (Wildman–Crippen MR) is 65.4 cm³/mol. The van der Waals surface area contributed by atoms with E-state index >= 15 is 0 Å². The van der Waals surface area contributed by atoms with Crippen molar-refractivity contribution in [2.45, 2.75) is 13.0 Å². The Bertz CT molecular complexity index is 347. The SMILES string of the molecule is CCNC(=O)NC(=O)CN1CCOC(C(=O)OC)C1. The number of esters is 1. The van der Waals surface area contributed by atoms with Gasteiger partial charge in [0.05, 0.1) is 20.3 Å². The first-order valence-electron chi connectivity index (χ1n) is 6.06. The van der Waals surface area contributed by atoms with Gasteiger partial charge in [-0.15, -0.1) is 0 Å². The summed E-state index contributed by atoms with van der Waals surface area (Å²) in [5, 5.41) is 4.66. The van der Waals surface area contributed by atoms with E-state index in [9.17, 15) is 14.4 Å². The lowest BCUT2D eigenvalue weighted by atomic mass is 10.2. The van der Waals surface area contributed by atoms with Gasteiger partial charge in [-0.25, -0.2) is 9.59 Å². The van der Waals surface area contributed by atoms with Crippen molar-refractivity contribution in [1.82, 2.24) is 15.5 Å². The van der Waals surface area contributed by atoms with Crippen LogP contribution in [0.2, 0.25) is 0 Å². The third-order valence-electron chi connectivity index (χ3n) is 2.57. The molecular formula is C11H19N3O5. The minimum atomic E-state index is -0.684. The molecule has 1 saturated heterocycles. The third kappa shape index (κ3) is 5.23. The van der Waals surface area contributed by atoms with Gasteiger partial charge in [-0.2, -0.15) is 0 Å². The number of hydrogen-bond acceptors (Lipinski definition) is 6. The Hall–Kier alpha value is -1.67. The molecule has 1 heterocycles. The number of urea groups is 1. The van der Waals surface area contributed by atoms with E-state index in [0.717, 1.165) is 0 Å². The molecule has 2 N–H and O–H groups in total. The smallest absolute Gasteiger partial charge is 0.336 e. The first-order valence-corrected chi connectivity index (χ1v) is 6.06. The molecule has 8 heteroatoms. The molecule has 0 spiro atoms. The van der Waals surface area contributed by atoms with Gasteiger partial charge in [-0.05, 0) is 6.92 Å². The molecule has 108 valence electrons. The molecular weight excluding hydrogens is 254 g/mol. The van der Waals surface area contributed by atoms with Gasteiger partial charge in [-0.3, -0.25) is 15.0 Å². The minimum absolute atomic E-state index is 0.0357. The highest BCUT2D eigenvalue weighted by atomic mass is 16.6. The number of imide groups is 1. The highest BCUT2D eigenvalue weighted by Gasteiger charge is 2.28. The number of morpholine rings is 1. The van der Waals surface area contributed by atoms with Gasteiger partial charge in [0.15, 0.2) is 6.10 Å². The number of carbonyl (C=O) groups excluding carboxylic acids is 3. The van der Waals surface area contributed by atoms with Gasteiger partial charge in [0.2, 0.25) is 5.91 Å². The molecule has 1 aliphatic heterocycles. The van der Waals surface area contributed by atoms with Gasteiger partial charge in [-0.1, -0.05) is 0 Å². The number of methoxy groups -OCH3 is 1. The molecule has 19 heavy (non-hydrogen) atoms. The van der Waals surface area contributed by atoms with E-state index in [4.69, 9.17) is 4.74 Å². The van der Waals surface area contributed by atoms with Crippen LogP contribution in [0, 0.1) is 0 Å². The number of nitrogens with one attached hydrogen (secondary N) is 2. The van der Waals surface area contributed by atoms with Crippen LogP contribution >= 0.6 is 0 Å². The van der Waals surface area contributed by atoms with E-state index < -0.39 is 24.0 Å². The second-order valence-corrected chi connectivity index (χ2v) is 4.03. The maximum Gasteiger partial charge on any atom is 0.336 e. The Morgan fingerprint density at radius 1 is 1.42 bits per heavy atom. The highest BCUT2D eigenvalue weighted by molar-refractivity contribution is 5.95. The molecule has 1 unspecified atom stereocenters. The molecule has 0 saturated carbocycles. The van der Waals surface area contributed by atoms with Crippen molar-refractivity contribution in [2.24, 2.45) is 0 Å². The fourth-order valence-electron chi connectivity index (χ4n) is 1.69. The van der Waals surface area contributed by atoms with E-state index in [1.54, 1.807) is 11.8 Å². The second kappa shape index (κ2) is 7.70. The first kappa shape index (κ1) is 15.4. The van der Waals surface area contributed by atoms with Gasteiger partial charge < -0.3 is 14.8 Å². The molecule has 0 aromatic carbocycles. The molecule has 1 aliphatic rings. The van der Waals surface area contributed by atoms with Crippen molar-refractivity contribution in [3.8, 4) is 0 Å². The number of nitrogens with zero attached hydrogens (tertiary/aromatic N) is 1. The lowest BCUT2D eigenvalue weighted by Crippen LogP contribution is -2.51. The van der Waals surface area contributed by atoms with Gasteiger partial charge in [0.25, 0.3) is 0 Å². The topological polar surface area (TPSA) is 97.0 Å². The summed E-state index contributed by atoms with van der Waals surface area (Å²) < 4.78 is 9.82. The molecule has 1 atom stereocenters. The van der Waals surface area contributed by atoms with E-state index in [0.29, 0.717) is 19.7 Å². The largest absolute Gasteiger partial charge is 0.467 e. The van der Waals surface area contributed by atoms with Crippen LogP contribution < -0.4 is 10.6 Å². The normalized spacial score (nSPS) is 19.6. The Morgan fingerprint density at radius 3 is 2.79 bits per heavy atom. The average molecular weight is 273 g/mol. The fourth-order valence-corrected chi connectivity index (χ4v) is 1.69. The van der Waals surface area contributed by atoms with Crippen LogP contribution in [0.4, 0.5) is 4.79 Å². The zero-order valence-electron chi connectivity index (χ0n) is 11.1. The van der Waals surface area contributed by atoms with Gasteiger partial charge in [0, 0.05) is 19.6 Å². The fraction of sp³-hybridized carbons (Fsp3) is 0.727. The molecule has 0 aromatic heterocycles. The average Bonchev–Trinajstić information content (AvgIpc) is 2.38. The second-order valence-electron chi connectivity index (χ2n) is 4.03. The third-order valence-corrected chi connectivity index (χ3v) is 2.57. The summed E-state index contributed by atoms with van der Waals surface area (Å²) in [6.07, 6.45) is -0.684. The van der Waals surface area contributed by atoms with Crippen LogP contribution in [0.1, 0.15) is 6.92 Å². The predicted octanol–water partition coefficient (Wildman–Crippen LogP) is -1.29. The summed E-state index contributed by atoms with van der Waals surface area (Å²) >= 11 is 0. The summed E-state index contributed by atoms with van der Waals surface area (Å²) in [5.74, 6) is -0.884. The molecule has 0 radical (unpaired) electrons. The van der Waals surface area contributed by atoms with E-state index in [-0.39, 0.29) is 13.1 Å². The standard InChI is InChI=1S/C11H19N3O5/c1-3-12-11(17)13-9(15)7-14-4-5-19-8(6-14)10(16)18-2/h8H,3-7H2,1-2H3,(H2,12,13,15,17). The maximum atomic E-state index is 11.6. The van der Waals surface area contributed by atoms with Crippen LogP contribution in [0.3, 0.4) is 0 Å². The quantitative estimate of drug-likeness (QED) is 0.618. The monoisotopic (exact) mass is 273 g/mol. The highest BCUT2D eigenvalue weighted by Crippen LogP contribution is 2.06. The number of amides is 3. The summed E-state index contributed by atoms with van der Waals surface area (Å²) in [4.78, 5) is 35.8. The number of hydrogen-bond donors (Lipinski definition) is 2. The number of ether oxygens (including phenoxy) is 2. The van der Waals surface area contributed by atoms with E-state index in [2.05, 4.69) is 15.4 Å². The maximum absolute atomic E-state index is 11.6. The van der Waals surface area contributed by atoms with Crippen LogP contribution in [-0.2, 0) is 19.1 Å². The van der Waals surface area contributed by atoms with Crippen LogP contribution in [-0.4, -0.2) is 68.8 Å². The number of carbonyl (C=O) groups is 3. The van der Waals surface area contributed by atoms with E-state index in [1.807, 2.05) is 0 Å². The molecule has 0 aromatic rings. The summed E-state index contributed by atoms with van der Waals surface area (Å²) in [5.41, 5.74) is 0. The summed E-state index contributed by atoms with van der Waals surface area (Å²) in [6.45, 7) is 3.38. The van der Waals surface area contributed by atoms with Gasteiger partial charge in [0.1, 0.15) is 0 Å². The lowest BCUT2D eigenvalue weighted by Gasteiger charge is -2.30. The Labute approximate surface area is 111 Å². The van der Waals surface area contributed by atoms with Crippen molar-refractivity contribution in [2.75, 3.05) is 39.9 Å². The van der Waals surface area contributed by atoms with Crippen molar-refractivity contribution in [1.29, 1.82) is 0 Å². The molecule has 1 rings (SSSR count). The van der Waals surface area contributed by atoms with Crippen molar-refractivity contribution in [3.05, 3.63) is 0 Å². The molecule has 0 aliphatic carbocycles. The van der Waals surface area contributed by atoms with Crippen molar-refractivity contribution in [3.63, 3.8) is 0 Å². The van der Waals surface area contributed by atoms with Crippen LogP contribution in [0.25, 0.3) is 0 Å². The number of rotatable bonds is 4. The van der Waals surface area contributed by atoms with E-state index in [1.165, 1.54) is 7.11 Å². The van der Waals surface area contributed by atoms with Crippen LogP contribution in [0.15, 0.2) is 0 Å². The summed E-state index contributed by atoms with van der Waals surface area (Å²) in [7, 11) is 1.28. The molecule has 0 bridgehead atoms. The Morgan fingerprint density at radius 2 is 2.16 bits per heavy atom. The Balaban J connectivity index is 2.37.